The number of carbonyl (C=O) groups excluding carboxylic acids is 2. The Bertz CT molecular complexity index is 1070. The van der Waals surface area contributed by atoms with Crippen molar-refractivity contribution in [1.82, 2.24) is 15.5 Å². The monoisotopic (exact) mass is 455 g/mol. The van der Waals surface area contributed by atoms with Crippen LogP contribution >= 0.6 is 11.6 Å². The number of halogens is 2. The number of nitrogens with one attached hydrogen (secondary N) is 2. The highest BCUT2D eigenvalue weighted by molar-refractivity contribution is 6.31. The van der Waals surface area contributed by atoms with Gasteiger partial charge in [0.25, 0.3) is 11.8 Å². The Kier molecular flexibility index (Phi) is 5.68. The Labute approximate surface area is 192 Å². The smallest absolute Gasteiger partial charge is 0.254 e. The second kappa shape index (κ2) is 8.49. The van der Waals surface area contributed by atoms with Crippen LogP contribution in [0.2, 0.25) is 5.02 Å². The lowest BCUT2D eigenvalue weighted by molar-refractivity contribution is 0.0761. The third-order valence-electron chi connectivity index (χ3n) is 7.34. The molecule has 1 unspecified atom stereocenters. The summed E-state index contributed by atoms with van der Waals surface area (Å²) in [5, 5.41) is 6.66. The molecule has 1 aliphatic carbocycles. The fourth-order valence-corrected chi connectivity index (χ4v) is 5.62. The van der Waals surface area contributed by atoms with Gasteiger partial charge in [-0.15, -0.1) is 0 Å². The Morgan fingerprint density at radius 1 is 1.12 bits per heavy atom. The molecule has 3 aliphatic rings. The zero-order chi connectivity index (χ0) is 22.3. The van der Waals surface area contributed by atoms with Gasteiger partial charge < -0.3 is 15.5 Å². The molecule has 2 heterocycles. The molecule has 0 radical (unpaired) electrons. The van der Waals surface area contributed by atoms with Gasteiger partial charge in [-0.3, -0.25) is 9.59 Å². The first-order valence-electron chi connectivity index (χ1n) is 11.3. The molecule has 168 valence electrons. The van der Waals surface area contributed by atoms with Crippen LogP contribution in [0, 0.1) is 11.2 Å². The normalized spacial score (nSPS) is 21.6. The topological polar surface area (TPSA) is 61.4 Å². The molecule has 5 rings (SSSR count). The van der Waals surface area contributed by atoms with Gasteiger partial charge in [-0.1, -0.05) is 17.7 Å². The first kappa shape index (κ1) is 21.4. The van der Waals surface area contributed by atoms with E-state index in [-0.39, 0.29) is 22.9 Å². The van der Waals surface area contributed by atoms with Crippen LogP contribution in [0.15, 0.2) is 36.4 Å². The highest BCUT2D eigenvalue weighted by Gasteiger charge is 2.40. The summed E-state index contributed by atoms with van der Waals surface area (Å²) in [7, 11) is 0. The molecule has 32 heavy (non-hydrogen) atoms. The van der Waals surface area contributed by atoms with E-state index in [0.717, 1.165) is 69.4 Å². The molecule has 0 aromatic heterocycles. The first-order chi connectivity index (χ1) is 15.4. The summed E-state index contributed by atoms with van der Waals surface area (Å²) in [5.74, 6) is -1.04. The molecule has 2 aliphatic heterocycles. The van der Waals surface area contributed by atoms with Crippen LogP contribution in [0.1, 0.15) is 63.6 Å². The lowest BCUT2D eigenvalue weighted by Gasteiger charge is -2.33. The quantitative estimate of drug-likeness (QED) is 0.732. The Morgan fingerprint density at radius 2 is 1.94 bits per heavy atom. The molecule has 2 N–H and O–H groups in total. The lowest BCUT2D eigenvalue weighted by atomic mass is 9.78. The Morgan fingerprint density at radius 3 is 2.75 bits per heavy atom. The molecular formula is C25H27ClFN3O2. The molecule has 2 aromatic rings. The third-order valence-corrected chi connectivity index (χ3v) is 7.57. The van der Waals surface area contributed by atoms with E-state index in [4.69, 9.17) is 11.6 Å². The highest BCUT2D eigenvalue weighted by Crippen LogP contribution is 2.39. The van der Waals surface area contributed by atoms with E-state index in [1.165, 1.54) is 18.2 Å². The minimum absolute atomic E-state index is 0.0565. The SMILES string of the molecule is O=C(NC1CCc2ccc(C(=O)N3CCC4(CCNCC4)C3)cc21)c1cc(Cl)ccc1F. The van der Waals surface area contributed by atoms with Gasteiger partial charge in [0, 0.05) is 23.7 Å². The van der Waals surface area contributed by atoms with E-state index in [1.54, 1.807) is 0 Å². The van der Waals surface area contributed by atoms with Gasteiger partial charge in [-0.25, -0.2) is 4.39 Å². The number of fused-ring (bicyclic) bond motifs is 1. The number of aryl methyl sites for hydroxylation is 1. The summed E-state index contributed by atoms with van der Waals surface area (Å²) in [5.41, 5.74) is 2.92. The number of likely N-dealkylation sites (tertiary alicyclic amines) is 1. The minimum Gasteiger partial charge on any atom is -0.345 e. The maximum absolute atomic E-state index is 14.1. The summed E-state index contributed by atoms with van der Waals surface area (Å²) in [6, 6.07) is 9.51. The summed E-state index contributed by atoms with van der Waals surface area (Å²) in [6.07, 6.45) is 4.84. The molecule has 0 saturated carbocycles. The van der Waals surface area contributed by atoms with Gasteiger partial charge >= 0.3 is 0 Å². The van der Waals surface area contributed by atoms with Crippen molar-refractivity contribution in [2.75, 3.05) is 26.2 Å². The number of hydrogen-bond donors (Lipinski definition) is 2. The molecule has 5 nitrogen and oxygen atoms in total. The molecule has 2 aromatic carbocycles. The number of benzene rings is 2. The van der Waals surface area contributed by atoms with Crippen LogP contribution in [-0.4, -0.2) is 42.9 Å². The number of hydrogen-bond acceptors (Lipinski definition) is 3. The van der Waals surface area contributed by atoms with E-state index in [2.05, 4.69) is 10.6 Å². The molecule has 0 bridgehead atoms. The predicted molar refractivity (Wildman–Crippen MR) is 121 cm³/mol. The van der Waals surface area contributed by atoms with Gasteiger partial charge in [0.1, 0.15) is 5.82 Å². The van der Waals surface area contributed by atoms with Crippen LogP contribution in [-0.2, 0) is 6.42 Å². The van der Waals surface area contributed by atoms with Crippen LogP contribution < -0.4 is 10.6 Å². The second-order valence-corrected chi connectivity index (χ2v) is 9.77. The molecule has 2 amide bonds. The average Bonchev–Trinajstić information content (AvgIpc) is 3.39. The maximum atomic E-state index is 14.1. The number of piperidine rings is 1. The van der Waals surface area contributed by atoms with Gasteiger partial charge in [0.2, 0.25) is 0 Å². The van der Waals surface area contributed by atoms with Crippen molar-refractivity contribution in [1.29, 1.82) is 0 Å². The summed E-state index contributed by atoms with van der Waals surface area (Å²) in [6.45, 7) is 3.66. The van der Waals surface area contributed by atoms with E-state index in [0.29, 0.717) is 10.6 Å². The zero-order valence-electron chi connectivity index (χ0n) is 17.9. The van der Waals surface area contributed by atoms with Crippen LogP contribution in [0.25, 0.3) is 0 Å². The molecule has 1 atom stereocenters. The van der Waals surface area contributed by atoms with E-state index in [1.807, 2.05) is 23.1 Å². The van der Waals surface area contributed by atoms with E-state index >= 15 is 0 Å². The highest BCUT2D eigenvalue weighted by atomic mass is 35.5. The van der Waals surface area contributed by atoms with Gasteiger partial charge in [0.05, 0.1) is 11.6 Å². The van der Waals surface area contributed by atoms with Crippen molar-refractivity contribution in [3.8, 4) is 0 Å². The van der Waals surface area contributed by atoms with Crippen molar-refractivity contribution >= 4 is 23.4 Å². The number of nitrogens with zero attached hydrogens (tertiary/aromatic N) is 1. The number of rotatable bonds is 3. The standard InChI is InChI=1S/C25H27ClFN3O2/c26-18-4-5-21(27)20(14-18)23(31)29-22-6-3-16-1-2-17(13-19(16)22)24(32)30-12-9-25(15-30)7-10-28-11-8-25/h1-2,4-5,13-14,22,28H,3,6-12,15H2,(H,29,31). The number of carbonyl (C=O) groups is 2. The Hall–Kier alpha value is -2.44. The van der Waals surface area contributed by atoms with Crippen molar-refractivity contribution < 1.29 is 14.0 Å². The fraction of sp³-hybridized carbons (Fsp3) is 0.440. The summed E-state index contributed by atoms with van der Waals surface area (Å²) < 4.78 is 14.1. The van der Waals surface area contributed by atoms with E-state index < -0.39 is 11.7 Å². The van der Waals surface area contributed by atoms with Gasteiger partial charge in [0.15, 0.2) is 0 Å². The fourth-order valence-electron chi connectivity index (χ4n) is 5.45. The van der Waals surface area contributed by atoms with Crippen LogP contribution in [0.4, 0.5) is 4.39 Å². The summed E-state index contributed by atoms with van der Waals surface area (Å²) >= 11 is 5.94. The molecule has 2 fully saturated rings. The number of amides is 2. The van der Waals surface area contributed by atoms with Crippen molar-refractivity contribution in [2.24, 2.45) is 5.41 Å². The van der Waals surface area contributed by atoms with E-state index in [9.17, 15) is 14.0 Å². The molecule has 2 saturated heterocycles. The minimum atomic E-state index is -0.602. The molecule has 7 heteroatoms. The maximum Gasteiger partial charge on any atom is 0.254 e. The van der Waals surface area contributed by atoms with Gasteiger partial charge in [-0.05, 0) is 92.1 Å². The van der Waals surface area contributed by atoms with Crippen molar-refractivity contribution in [3.05, 3.63) is 69.5 Å². The lowest BCUT2D eigenvalue weighted by Crippen LogP contribution is -2.39. The van der Waals surface area contributed by atoms with Crippen LogP contribution in [0.5, 0.6) is 0 Å². The molecular weight excluding hydrogens is 429 g/mol. The first-order valence-corrected chi connectivity index (χ1v) is 11.7. The average molecular weight is 456 g/mol. The second-order valence-electron chi connectivity index (χ2n) is 9.33. The Balaban J connectivity index is 1.32. The predicted octanol–water partition coefficient (Wildman–Crippen LogP) is 4.11. The summed E-state index contributed by atoms with van der Waals surface area (Å²) in [4.78, 5) is 27.9. The largest absolute Gasteiger partial charge is 0.345 e. The third kappa shape index (κ3) is 4.02. The van der Waals surface area contributed by atoms with Gasteiger partial charge in [-0.2, -0.15) is 0 Å². The molecule has 1 spiro atoms. The van der Waals surface area contributed by atoms with Crippen molar-refractivity contribution in [2.45, 2.75) is 38.1 Å². The zero-order valence-corrected chi connectivity index (χ0v) is 18.7. The van der Waals surface area contributed by atoms with Crippen LogP contribution in [0.3, 0.4) is 0 Å². The van der Waals surface area contributed by atoms with Crippen molar-refractivity contribution in [3.63, 3.8) is 0 Å².